The normalized spacial score (nSPS) is 25.5. The van der Waals surface area contributed by atoms with Crippen LogP contribution in [-0.4, -0.2) is 66.2 Å². The Labute approximate surface area is 209 Å². The molecule has 0 unspecified atom stereocenters. The summed E-state index contributed by atoms with van der Waals surface area (Å²) in [7, 11) is 0. The van der Waals surface area contributed by atoms with Crippen LogP contribution in [0.25, 0.3) is 20.8 Å². The van der Waals surface area contributed by atoms with E-state index < -0.39 is 18.2 Å². The van der Waals surface area contributed by atoms with Gasteiger partial charge < -0.3 is 26.0 Å². The van der Waals surface area contributed by atoms with Gasteiger partial charge in [-0.15, -0.1) is 11.3 Å². The van der Waals surface area contributed by atoms with Crippen molar-refractivity contribution in [3.05, 3.63) is 23.7 Å². The lowest BCUT2D eigenvalue weighted by Crippen LogP contribution is -2.36. The van der Waals surface area contributed by atoms with Crippen LogP contribution < -0.4 is 10.6 Å². The van der Waals surface area contributed by atoms with Gasteiger partial charge in [-0.2, -0.15) is 4.98 Å². The SMILES string of the molecule is CC[C@@H](Nc1nc(C)c(-c2nc3c(C)nccc3s2)c(N[C@@H]2C[C@H](CO)[C@@H](O)[C@H]2O)n1)C1CCC1. The molecular weight excluding hydrogens is 464 g/mol. The first-order valence-corrected chi connectivity index (χ1v) is 13.3. The fourth-order valence-corrected chi connectivity index (χ4v) is 6.38. The summed E-state index contributed by atoms with van der Waals surface area (Å²) in [6.45, 7) is 5.89. The van der Waals surface area contributed by atoms with Crippen molar-refractivity contribution in [1.82, 2.24) is 19.9 Å². The lowest BCUT2D eigenvalue weighted by atomic mass is 9.79. The van der Waals surface area contributed by atoms with Gasteiger partial charge in [-0.25, -0.2) is 9.97 Å². The van der Waals surface area contributed by atoms with Crippen LogP contribution in [0.5, 0.6) is 0 Å². The van der Waals surface area contributed by atoms with Crippen LogP contribution in [0.4, 0.5) is 11.8 Å². The average Bonchev–Trinajstić information content (AvgIpc) is 3.34. The summed E-state index contributed by atoms with van der Waals surface area (Å²) in [4.78, 5) is 18.9. The maximum atomic E-state index is 10.7. The molecule has 0 aromatic carbocycles. The zero-order valence-corrected chi connectivity index (χ0v) is 21.2. The van der Waals surface area contributed by atoms with E-state index in [4.69, 9.17) is 15.0 Å². The molecule has 2 saturated carbocycles. The molecule has 0 amide bonds. The highest BCUT2D eigenvalue weighted by Gasteiger charge is 2.41. The van der Waals surface area contributed by atoms with E-state index in [1.807, 2.05) is 19.9 Å². The molecule has 188 valence electrons. The van der Waals surface area contributed by atoms with Gasteiger partial charge in [0, 0.05) is 24.8 Å². The summed E-state index contributed by atoms with van der Waals surface area (Å²) in [6.07, 6.45) is 4.94. The largest absolute Gasteiger partial charge is 0.396 e. The van der Waals surface area contributed by atoms with E-state index in [1.54, 1.807) is 17.5 Å². The Morgan fingerprint density at radius 1 is 1.11 bits per heavy atom. The van der Waals surface area contributed by atoms with Gasteiger partial charge >= 0.3 is 0 Å². The molecule has 0 radical (unpaired) electrons. The number of anilines is 2. The van der Waals surface area contributed by atoms with Crippen LogP contribution in [0.15, 0.2) is 12.3 Å². The Hall–Kier alpha value is -2.40. The first-order chi connectivity index (χ1) is 16.9. The summed E-state index contributed by atoms with van der Waals surface area (Å²) in [5.41, 5.74) is 3.28. The molecule has 5 N–H and O–H groups in total. The van der Waals surface area contributed by atoms with Crippen molar-refractivity contribution in [2.75, 3.05) is 17.2 Å². The minimum absolute atomic E-state index is 0.178. The molecule has 3 heterocycles. The third-order valence-corrected chi connectivity index (χ3v) is 8.66. The number of pyridine rings is 1. The number of aliphatic hydroxyl groups is 3. The first-order valence-electron chi connectivity index (χ1n) is 12.5. The van der Waals surface area contributed by atoms with Crippen LogP contribution in [0, 0.1) is 25.7 Å². The van der Waals surface area contributed by atoms with Crippen LogP contribution in [0.3, 0.4) is 0 Å². The minimum Gasteiger partial charge on any atom is -0.396 e. The fraction of sp³-hybridized carbons (Fsp3) is 0.600. The van der Waals surface area contributed by atoms with E-state index in [-0.39, 0.29) is 12.5 Å². The van der Waals surface area contributed by atoms with Gasteiger partial charge in [-0.1, -0.05) is 13.3 Å². The summed E-state index contributed by atoms with van der Waals surface area (Å²) in [5, 5.41) is 38.4. The van der Waals surface area contributed by atoms with Crippen molar-refractivity contribution in [1.29, 1.82) is 0 Å². The monoisotopic (exact) mass is 498 g/mol. The van der Waals surface area contributed by atoms with Crippen molar-refractivity contribution < 1.29 is 15.3 Å². The van der Waals surface area contributed by atoms with Crippen molar-refractivity contribution in [3.8, 4) is 10.6 Å². The minimum atomic E-state index is -1.01. The number of fused-ring (bicyclic) bond motifs is 1. The zero-order valence-electron chi connectivity index (χ0n) is 20.4. The van der Waals surface area contributed by atoms with Crippen molar-refractivity contribution >= 4 is 33.3 Å². The molecule has 0 aliphatic heterocycles. The molecule has 10 heteroatoms. The second-order valence-electron chi connectivity index (χ2n) is 9.88. The van der Waals surface area contributed by atoms with Gasteiger partial charge in [0.15, 0.2) is 0 Å². The Morgan fingerprint density at radius 3 is 2.54 bits per heavy atom. The Morgan fingerprint density at radius 2 is 1.91 bits per heavy atom. The lowest BCUT2D eigenvalue weighted by molar-refractivity contribution is 0.00446. The Bertz CT molecular complexity index is 1200. The maximum Gasteiger partial charge on any atom is 0.225 e. The zero-order chi connectivity index (χ0) is 24.7. The van der Waals surface area contributed by atoms with E-state index in [1.165, 1.54) is 19.3 Å². The van der Waals surface area contributed by atoms with Gasteiger partial charge in [-0.05, 0) is 51.5 Å². The average molecular weight is 499 g/mol. The van der Waals surface area contributed by atoms with E-state index >= 15 is 0 Å². The number of aromatic nitrogens is 4. The molecule has 3 aromatic heterocycles. The predicted molar refractivity (Wildman–Crippen MR) is 138 cm³/mol. The van der Waals surface area contributed by atoms with Crippen molar-refractivity contribution in [3.63, 3.8) is 0 Å². The molecule has 0 saturated heterocycles. The van der Waals surface area contributed by atoms with E-state index in [9.17, 15) is 15.3 Å². The number of hydrogen-bond donors (Lipinski definition) is 5. The Balaban J connectivity index is 1.54. The van der Waals surface area contributed by atoms with Crippen LogP contribution in [0.1, 0.15) is 50.4 Å². The van der Waals surface area contributed by atoms with Crippen molar-refractivity contribution in [2.45, 2.75) is 77.2 Å². The lowest BCUT2D eigenvalue weighted by Gasteiger charge is -2.34. The van der Waals surface area contributed by atoms with E-state index in [0.717, 1.165) is 38.6 Å². The molecule has 35 heavy (non-hydrogen) atoms. The number of aliphatic hydroxyl groups excluding tert-OH is 3. The highest BCUT2D eigenvalue weighted by atomic mass is 32.1. The smallest absolute Gasteiger partial charge is 0.225 e. The highest BCUT2D eigenvalue weighted by molar-refractivity contribution is 7.21. The van der Waals surface area contributed by atoms with Crippen LogP contribution >= 0.6 is 11.3 Å². The molecule has 0 spiro atoms. The first kappa shape index (κ1) is 24.3. The second kappa shape index (κ2) is 9.93. The second-order valence-corrected chi connectivity index (χ2v) is 10.9. The molecule has 5 rings (SSSR count). The molecule has 9 nitrogen and oxygen atoms in total. The molecule has 2 aliphatic rings. The van der Waals surface area contributed by atoms with Crippen LogP contribution in [0.2, 0.25) is 0 Å². The molecule has 2 aliphatic carbocycles. The quantitative estimate of drug-likeness (QED) is 0.317. The van der Waals surface area contributed by atoms with Gasteiger partial charge in [0.2, 0.25) is 5.95 Å². The fourth-order valence-electron chi connectivity index (χ4n) is 5.27. The number of nitrogens with zero attached hydrogens (tertiary/aromatic N) is 4. The number of aryl methyl sites for hydroxylation is 2. The Kier molecular flexibility index (Phi) is 6.89. The van der Waals surface area contributed by atoms with Gasteiger partial charge in [0.1, 0.15) is 22.4 Å². The highest BCUT2D eigenvalue weighted by Crippen LogP contribution is 2.39. The maximum absolute atomic E-state index is 10.7. The summed E-state index contributed by atoms with van der Waals surface area (Å²) >= 11 is 1.56. The molecular formula is C25H34N6O3S. The molecule has 3 aromatic rings. The topological polar surface area (TPSA) is 136 Å². The standard InChI is InChI=1S/C25H34N6O3S/c1-4-16(14-6-5-7-14)29-25-27-12(2)19(24-30-20-13(3)26-9-8-18(20)35-24)23(31-25)28-17-10-15(11-32)21(33)22(17)34/h8-9,14-17,21-22,32-34H,4-7,10-11H2,1-3H3,(H2,27,28,29,31)/t15-,16-,17-,21-,22+/m1/s1. The number of rotatable bonds is 8. The number of hydrogen-bond acceptors (Lipinski definition) is 10. The van der Waals surface area contributed by atoms with Gasteiger partial charge in [0.05, 0.1) is 33.8 Å². The third-order valence-electron chi connectivity index (χ3n) is 7.63. The molecule has 2 fully saturated rings. The third kappa shape index (κ3) is 4.60. The van der Waals surface area contributed by atoms with E-state index in [0.29, 0.717) is 30.1 Å². The summed E-state index contributed by atoms with van der Waals surface area (Å²) in [6, 6.07) is 1.82. The predicted octanol–water partition coefficient (Wildman–Crippen LogP) is 3.27. The summed E-state index contributed by atoms with van der Waals surface area (Å²) < 4.78 is 1.03. The summed E-state index contributed by atoms with van der Waals surface area (Å²) in [5.74, 6) is 1.38. The number of thiazole rings is 1. The molecule has 0 bridgehead atoms. The van der Waals surface area contributed by atoms with E-state index in [2.05, 4.69) is 22.5 Å². The van der Waals surface area contributed by atoms with Gasteiger partial charge in [-0.3, -0.25) is 4.98 Å². The van der Waals surface area contributed by atoms with Gasteiger partial charge in [0.25, 0.3) is 0 Å². The van der Waals surface area contributed by atoms with Crippen molar-refractivity contribution in [2.24, 2.45) is 11.8 Å². The molecule has 5 atom stereocenters. The number of nitrogens with one attached hydrogen (secondary N) is 2. The van der Waals surface area contributed by atoms with Crippen LogP contribution in [-0.2, 0) is 0 Å².